The summed E-state index contributed by atoms with van der Waals surface area (Å²) in [6, 6.07) is 14.2. The molecule has 0 N–H and O–H groups in total. The minimum Gasteiger partial charge on any atom is -0.465 e. The highest BCUT2D eigenvalue weighted by Crippen LogP contribution is 2.24. The molecule has 0 bridgehead atoms. The number of hydrogen-bond acceptors (Lipinski definition) is 7. The quantitative estimate of drug-likeness (QED) is 0.259. The van der Waals surface area contributed by atoms with Crippen molar-refractivity contribution in [2.24, 2.45) is 0 Å². The van der Waals surface area contributed by atoms with Crippen LogP contribution >= 0.6 is 0 Å². The summed E-state index contributed by atoms with van der Waals surface area (Å²) in [6.45, 7) is 1.87. The van der Waals surface area contributed by atoms with E-state index in [4.69, 9.17) is 14.7 Å². The molecule has 0 heterocycles. The van der Waals surface area contributed by atoms with E-state index in [1.165, 1.54) is 24.3 Å². The first-order chi connectivity index (χ1) is 13.4. The van der Waals surface area contributed by atoms with E-state index in [9.17, 15) is 14.4 Å². The molecule has 2 aromatic rings. The lowest BCUT2D eigenvalue weighted by Gasteiger charge is -2.12. The predicted octanol–water partition coefficient (Wildman–Crippen LogP) is 2.57. The first kappa shape index (κ1) is 20.4. The summed E-state index contributed by atoms with van der Waals surface area (Å²) in [5.41, 5.74) is 0.564. The minimum atomic E-state index is -1.07. The van der Waals surface area contributed by atoms with Gasteiger partial charge in [0.2, 0.25) is 0 Å². The molecule has 0 atom stereocenters. The van der Waals surface area contributed by atoms with Crippen molar-refractivity contribution in [2.75, 3.05) is 14.2 Å². The third-order valence-electron chi connectivity index (χ3n) is 3.77. The Kier molecular flexibility index (Phi) is 6.66. The SMILES string of the molecule is COC(=O)/C(C(=O)Oc1ccc(C)cc1)=C(/C(=O)OC)c1ccc(C#N)cc1. The summed E-state index contributed by atoms with van der Waals surface area (Å²) in [5, 5.41) is 8.93. The van der Waals surface area contributed by atoms with Gasteiger partial charge in [-0.15, -0.1) is 0 Å². The normalized spacial score (nSPS) is 10.9. The number of nitriles is 1. The molecule has 0 fully saturated rings. The van der Waals surface area contributed by atoms with Crippen molar-refractivity contribution in [2.45, 2.75) is 6.92 Å². The van der Waals surface area contributed by atoms with E-state index in [1.54, 1.807) is 24.3 Å². The topological polar surface area (TPSA) is 103 Å². The number of carbonyl (C=O) groups is 3. The molecule has 0 spiro atoms. The second-order valence-corrected chi connectivity index (χ2v) is 5.62. The summed E-state index contributed by atoms with van der Waals surface area (Å²) < 4.78 is 14.7. The Morgan fingerprint density at radius 1 is 0.821 bits per heavy atom. The number of rotatable bonds is 5. The van der Waals surface area contributed by atoms with Crippen molar-refractivity contribution in [3.8, 4) is 11.8 Å². The average Bonchev–Trinajstić information content (AvgIpc) is 2.72. The zero-order chi connectivity index (χ0) is 20.7. The van der Waals surface area contributed by atoms with Crippen LogP contribution in [-0.4, -0.2) is 32.1 Å². The van der Waals surface area contributed by atoms with Crippen LogP contribution in [0.4, 0.5) is 0 Å². The maximum absolute atomic E-state index is 12.7. The summed E-state index contributed by atoms with van der Waals surface area (Å²) in [6.07, 6.45) is 0. The maximum atomic E-state index is 12.7. The molecular formula is C21H17NO6. The number of aryl methyl sites for hydroxylation is 1. The van der Waals surface area contributed by atoms with Crippen molar-refractivity contribution < 1.29 is 28.6 Å². The fourth-order valence-electron chi connectivity index (χ4n) is 2.33. The minimum absolute atomic E-state index is 0.195. The van der Waals surface area contributed by atoms with Crippen LogP contribution in [0.1, 0.15) is 16.7 Å². The largest absolute Gasteiger partial charge is 0.465 e. The van der Waals surface area contributed by atoms with Crippen molar-refractivity contribution >= 4 is 23.5 Å². The molecule has 0 saturated heterocycles. The fraction of sp³-hybridized carbons (Fsp3) is 0.143. The van der Waals surface area contributed by atoms with Crippen LogP contribution < -0.4 is 4.74 Å². The Labute approximate surface area is 161 Å². The molecule has 28 heavy (non-hydrogen) atoms. The molecule has 0 aliphatic heterocycles. The lowest BCUT2D eigenvalue weighted by Crippen LogP contribution is -2.24. The molecule has 0 radical (unpaired) electrons. The lowest BCUT2D eigenvalue weighted by molar-refractivity contribution is -0.142. The summed E-state index contributed by atoms with van der Waals surface area (Å²) in [4.78, 5) is 37.4. The molecule has 142 valence electrons. The standard InChI is InChI=1S/C21H17NO6/c1-13-4-10-16(11-5-13)28-21(25)18(20(24)27-3)17(19(23)26-2)15-8-6-14(12-22)7-9-15/h4-11H,1-3H3/b18-17-. The average molecular weight is 379 g/mol. The second kappa shape index (κ2) is 9.14. The van der Waals surface area contributed by atoms with E-state index in [0.717, 1.165) is 19.8 Å². The van der Waals surface area contributed by atoms with Crippen molar-refractivity contribution in [1.29, 1.82) is 5.26 Å². The molecule has 0 unspecified atom stereocenters. The Balaban J connectivity index is 2.59. The van der Waals surface area contributed by atoms with Crippen LogP contribution in [0.2, 0.25) is 0 Å². The van der Waals surface area contributed by atoms with E-state index < -0.39 is 23.5 Å². The van der Waals surface area contributed by atoms with Gasteiger partial charge in [-0.05, 0) is 36.8 Å². The van der Waals surface area contributed by atoms with Crippen LogP contribution in [0.3, 0.4) is 0 Å². The predicted molar refractivity (Wildman–Crippen MR) is 98.9 cm³/mol. The van der Waals surface area contributed by atoms with Gasteiger partial charge in [0, 0.05) is 0 Å². The zero-order valence-electron chi connectivity index (χ0n) is 15.5. The molecular weight excluding hydrogens is 362 g/mol. The molecule has 0 amide bonds. The number of nitrogens with zero attached hydrogens (tertiary/aromatic N) is 1. The van der Waals surface area contributed by atoms with Gasteiger partial charge in [0.05, 0.1) is 31.4 Å². The van der Waals surface area contributed by atoms with Crippen molar-refractivity contribution in [3.05, 3.63) is 70.8 Å². The van der Waals surface area contributed by atoms with Crippen LogP contribution in [0.25, 0.3) is 5.57 Å². The summed E-state index contributed by atoms with van der Waals surface area (Å²) >= 11 is 0. The van der Waals surface area contributed by atoms with E-state index in [2.05, 4.69) is 4.74 Å². The monoisotopic (exact) mass is 379 g/mol. The van der Waals surface area contributed by atoms with Crippen LogP contribution in [-0.2, 0) is 23.9 Å². The maximum Gasteiger partial charge on any atom is 0.351 e. The summed E-state index contributed by atoms with van der Waals surface area (Å²) in [5.74, 6) is -2.85. The number of benzene rings is 2. The van der Waals surface area contributed by atoms with E-state index in [-0.39, 0.29) is 16.9 Å². The Hall–Kier alpha value is -3.92. The zero-order valence-corrected chi connectivity index (χ0v) is 15.5. The first-order valence-electron chi connectivity index (χ1n) is 8.11. The molecule has 0 aliphatic rings. The Morgan fingerprint density at radius 2 is 1.39 bits per heavy atom. The number of carbonyl (C=O) groups excluding carboxylic acids is 3. The molecule has 0 saturated carbocycles. The smallest absolute Gasteiger partial charge is 0.351 e. The van der Waals surface area contributed by atoms with Gasteiger partial charge in [0.1, 0.15) is 5.75 Å². The highest BCUT2D eigenvalue weighted by Gasteiger charge is 2.31. The van der Waals surface area contributed by atoms with Gasteiger partial charge in [0.25, 0.3) is 0 Å². The van der Waals surface area contributed by atoms with Gasteiger partial charge >= 0.3 is 17.9 Å². The molecule has 2 rings (SSSR count). The highest BCUT2D eigenvalue weighted by molar-refractivity contribution is 6.32. The van der Waals surface area contributed by atoms with Gasteiger partial charge in [-0.1, -0.05) is 29.8 Å². The fourth-order valence-corrected chi connectivity index (χ4v) is 2.33. The van der Waals surface area contributed by atoms with Crippen molar-refractivity contribution in [3.63, 3.8) is 0 Å². The van der Waals surface area contributed by atoms with Gasteiger partial charge in [0.15, 0.2) is 5.57 Å². The molecule has 0 aliphatic carbocycles. The third-order valence-corrected chi connectivity index (χ3v) is 3.77. The molecule has 0 aromatic heterocycles. The van der Waals surface area contributed by atoms with Gasteiger partial charge in [-0.3, -0.25) is 0 Å². The highest BCUT2D eigenvalue weighted by atomic mass is 16.6. The molecule has 2 aromatic carbocycles. The van der Waals surface area contributed by atoms with Crippen LogP contribution in [0.15, 0.2) is 54.1 Å². The van der Waals surface area contributed by atoms with Crippen LogP contribution in [0.5, 0.6) is 5.75 Å². The van der Waals surface area contributed by atoms with E-state index in [1.807, 2.05) is 13.0 Å². The second-order valence-electron chi connectivity index (χ2n) is 5.62. The Morgan fingerprint density at radius 3 is 1.89 bits per heavy atom. The van der Waals surface area contributed by atoms with E-state index in [0.29, 0.717) is 5.56 Å². The molecule has 7 heteroatoms. The number of methoxy groups -OCH3 is 2. The van der Waals surface area contributed by atoms with E-state index >= 15 is 0 Å². The first-order valence-corrected chi connectivity index (χ1v) is 8.11. The van der Waals surface area contributed by atoms with Gasteiger partial charge in [-0.25, -0.2) is 14.4 Å². The Bertz CT molecular complexity index is 965. The number of esters is 3. The third kappa shape index (κ3) is 4.62. The van der Waals surface area contributed by atoms with Gasteiger partial charge in [-0.2, -0.15) is 5.26 Å². The number of ether oxygens (including phenoxy) is 3. The van der Waals surface area contributed by atoms with Gasteiger partial charge < -0.3 is 14.2 Å². The van der Waals surface area contributed by atoms with Crippen molar-refractivity contribution in [1.82, 2.24) is 0 Å². The lowest BCUT2D eigenvalue weighted by atomic mass is 9.98. The summed E-state index contributed by atoms with van der Waals surface area (Å²) in [7, 11) is 2.20. The number of hydrogen-bond donors (Lipinski definition) is 0. The molecule has 7 nitrogen and oxygen atoms in total. The van der Waals surface area contributed by atoms with Crippen LogP contribution in [0, 0.1) is 18.3 Å².